The Bertz CT molecular complexity index is 213. The highest BCUT2D eigenvalue weighted by Crippen LogP contribution is 2.42. The third-order valence-corrected chi connectivity index (χ3v) is 4.20. The first-order chi connectivity index (χ1) is 7.14. The molecule has 0 aromatic rings. The Hall–Kier alpha value is -0.120. The molecule has 0 aromatic carbocycles. The van der Waals surface area contributed by atoms with Crippen LogP contribution >= 0.6 is 0 Å². The van der Waals surface area contributed by atoms with Crippen molar-refractivity contribution in [2.24, 2.45) is 5.41 Å². The van der Waals surface area contributed by atoms with Crippen LogP contribution in [0.4, 0.5) is 0 Å². The summed E-state index contributed by atoms with van der Waals surface area (Å²) < 4.78 is 5.52. The van der Waals surface area contributed by atoms with Crippen LogP contribution in [0.2, 0.25) is 0 Å². The summed E-state index contributed by atoms with van der Waals surface area (Å²) in [6, 6.07) is 0. The summed E-state index contributed by atoms with van der Waals surface area (Å²) in [5.74, 6) is 0. The Morgan fingerprint density at radius 1 is 1.27 bits per heavy atom. The highest BCUT2D eigenvalue weighted by molar-refractivity contribution is 4.95. The molecule has 2 fully saturated rings. The van der Waals surface area contributed by atoms with E-state index in [1.807, 2.05) is 6.92 Å². The third kappa shape index (κ3) is 2.05. The quantitative estimate of drug-likeness (QED) is 0.732. The van der Waals surface area contributed by atoms with E-state index in [1.54, 1.807) is 0 Å². The van der Waals surface area contributed by atoms with Crippen molar-refractivity contribution in [3.8, 4) is 0 Å². The molecule has 88 valence electrons. The van der Waals surface area contributed by atoms with E-state index in [9.17, 15) is 10.2 Å². The predicted octanol–water partition coefficient (Wildman–Crippen LogP) is 1.47. The summed E-state index contributed by atoms with van der Waals surface area (Å²) in [5.41, 5.74) is -0.354. The van der Waals surface area contributed by atoms with Gasteiger partial charge in [-0.25, -0.2) is 0 Å². The molecule has 0 radical (unpaired) electrons. The molecule has 2 rings (SSSR count). The van der Waals surface area contributed by atoms with Crippen molar-refractivity contribution in [3.63, 3.8) is 0 Å². The fourth-order valence-corrected chi connectivity index (χ4v) is 2.96. The maximum absolute atomic E-state index is 10.3. The molecule has 3 heteroatoms. The fraction of sp³-hybridized carbons (Fsp3) is 1.00. The molecule has 1 heterocycles. The van der Waals surface area contributed by atoms with Gasteiger partial charge in [0.15, 0.2) is 0 Å². The Labute approximate surface area is 91.4 Å². The molecule has 15 heavy (non-hydrogen) atoms. The van der Waals surface area contributed by atoms with E-state index < -0.39 is 6.10 Å². The van der Waals surface area contributed by atoms with Gasteiger partial charge in [-0.15, -0.1) is 0 Å². The zero-order chi connectivity index (χ0) is 10.9. The number of aliphatic hydroxyl groups excluding tert-OH is 2. The third-order valence-electron chi connectivity index (χ3n) is 4.20. The molecule has 1 aliphatic carbocycles. The molecule has 0 amide bonds. The smallest absolute Gasteiger partial charge is 0.0879 e. The van der Waals surface area contributed by atoms with Crippen molar-refractivity contribution in [2.75, 3.05) is 6.61 Å². The molecule has 0 aromatic heterocycles. The van der Waals surface area contributed by atoms with Crippen molar-refractivity contribution in [3.05, 3.63) is 0 Å². The minimum atomic E-state index is -0.504. The van der Waals surface area contributed by atoms with Gasteiger partial charge in [0.2, 0.25) is 0 Å². The van der Waals surface area contributed by atoms with Crippen molar-refractivity contribution in [2.45, 2.75) is 63.8 Å². The average molecular weight is 214 g/mol. The van der Waals surface area contributed by atoms with Crippen LogP contribution in [0.25, 0.3) is 0 Å². The Balaban J connectivity index is 2.05. The van der Waals surface area contributed by atoms with Crippen molar-refractivity contribution >= 4 is 0 Å². The summed E-state index contributed by atoms with van der Waals surface area (Å²) in [6.45, 7) is 2.76. The number of aliphatic hydroxyl groups is 2. The number of hydrogen-bond donors (Lipinski definition) is 2. The SMILES string of the molecule is C[C@@]1(C(O)[C@@H]2CCCO2)CCCCC1O. The first kappa shape index (κ1) is 11.4. The normalized spacial score (nSPS) is 44.2. The molecule has 2 N–H and O–H groups in total. The van der Waals surface area contributed by atoms with E-state index in [0.717, 1.165) is 45.1 Å². The van der Waals surface area contributed by atoms with Crippen LogP contribution in [0.3, 0.4) is 0 Å². The maximum Gasteiger partial charge on any atom is 0.0879 e. The van der Waals surface area contributed by atoms with Crippen LogP contribution in [0, 0.1) is 5.41 Å². The summed E-state index contributed by atoms with van der Waals surface area (Å²) >= 11 is 0. The van der Waals surface area contributed by atoms with Crippen LogP contribution in [0.1, 0.15) is 45.4 Å². The second-order valence-electron chi connectivity index (χ2n) is 5.26. The molecule has 4 atom stereocenters. The first-order valence-electron chi connectivity index (χ1n) is 6.12. The van der Waals surface area contributed by atoms with Crippen molar-refractivity contribution in [1.82, 2.24) is 0 Å². The Kier molecular flexibility index (Phi) is 3.33. The van der Waals surface area contributed by atoms with E-state index >= 15 is 0 Å². The molecule has 2 aliphatic rings. The van der Waals surface area contributed by atoms with Crippen molar-refractivity contribution < 1.29 is 14.9 Å². The van der Waals surface area contributed by atoms with Gasteiger partial charge in [0.05, 0.1) is 18.3 Å². The van der Waals surface area contributed by atoms with Crippen LogP contribution in [-0.4, -0.2) is 35.1 Å². The second-order valence-corrected chi connectivity index (χ2v) is 5.26. The lowest BCUT2D eigenvalue weighted by Crippen LogP contribution is -2.50. The minimum absolute atomic E-state index is 0.0530. The number of ether oxygens (including phenoxy) is 1. The summed E-state index contributed by atoms with van der Waals surface area (Å²) in [6.07, 6.45) is 4.96. The largest absolute Gasteiger partial charge is 0.392 e. The molecule has 1 aliphatic heterocycles. The lowest BCUT2D eigenvalue weighted by Gasteiger charge is -2.43. The molecular weight excluding hydrogens is 192 g/mol. The molecule has 3 nitrogen and oxygen atoms in total. The van der Waals surface area contributed by atoms with E-state index in [4.69, 9.17) is 4.74 Å². The number of rotatable bonds is 2. The maximum atomic E-state index is 10.3. The second kappa shape index (κ2) is 4.40. The van der Waals surface area contributed by atoms with E-state index in [0.29, 0.717) is 0 Å². The van der Waals surface area contributed by atoms with Crippen LogP contribution in [-0.2, 0) is 4.74 Å². The summed E-state index contributed by atoms with van der Waals surface area (Å²) in [7, 11) is 0. The highest BCUT2D eigenvalue weighted by atomic mass is 16.5. The monoisotopic (exact) mass is 214 g/mol. The lowest BCUT2D eigenvalue weighted by atomic mass is 9.68. The molecule has 0 bridgehead atoms. The zero-order valence-corrected chi connectivity index (χ0v) is 9.48. The van der Waals surface area contributed by atoms with Crippen molar-refractivity contribution in [1.29, 1.82) is 0 Å². The summed E-state index contributed by atoms with van der Waals surface area (Å²) in [5, 5.41) is 20.4. The average Bonchev–Trinajstić information content (AvgIpc) is 2.74. The molecule has 1 saturated carbocycles. The van der Waals surface area contributed by atoms with Gasteiger partial charge in [-0.3, -0.25) is 0 Å². The standard InChI is InChI=1S/C12H22O3/c1-12(7-3-2-6-10(12)13)11(14)9-5-4-8-15-9/h9-11,13-14H,2-8H2,1H3/t9-,10?,11?,12+/m0/s1. The van der Waals surface area contributed by atoms with Gasteiger partial charge in [-0.1, -0.05) is 19.8 Å². The van der Waals surface area contributed by atoms with Gasteiger partial charge < -0.3 is 14.9 Å². The first-order valence-corrected chi connectivity index (χ1v) is 6.12. The van der Waals surface area contributed by atoms with E-state index in [1.165, 1.54) is 0 Å². The fourth-order valence-electron chi connectivity index (χ4n) is 2.96. The lowest BCUT2D eigenvalue weighted by molar-refractivity contribution is -0.131. The Morgan fingerprint density at radius 3 is 2.67 bits per heavy atom. The molecule has 1 saturated heterocycles. The van der Waals surface area contributed by atoms with E-state index in [-0.39, 0.29) is 17.6 Å². The van der Waals surface area contributed by atoms with Gasteiger partial charge in [0.25, 0.3) is 0 Å². The van der Waals surface area contributed by atoms with Gasteiger partial charge in [0.1, 0.15) is 0 Å². The Morgan fingerprint density at radius 2 is 2.07 bits per heavy atom. The molecular formula is C12H22O3. The van der Waals surface area contributed by atoms with E-state index in [2.05, 4.69) is 0 Å². The van der Waals surface area contributed by atoms with Crippen LogP contribution < -0.4 is 0 Å². The summed E-state index contributed by atoms with van der Waals surface area (Å²) in [4.78, 5) is 0. The van der Waals surface area contributed by atoms with Gasteiger partial charge in [-0.2, -0.15) is 0 Å². The number of hydrogen-bond acceptors (Lipinski definition) is 3. The molecule has 0 spiro atoms. The highest BCUT2D eigenvalue weighted by Gasteiger charge is 2.45. The van der Waals surface area contributed by atoms with Crippen LogP contribution in [0.5, 0.6) is 0 Å². The minimum Gasteiger partial charge on any atom is -0.392 e. The van der Waals surface area contributed by atoms with Gasteiger partial charge in [-0.05, 0) is 25.7 Å². The zero-order valence-electron chi connectivity index (χ0n) is 9.48. The predicted molar refractivity (Wildman–Crippen MR) is 57.6 cm³/mol. The van der Waals surface area contributed by atoms with Gasteiger partial charge >= 0.3 is 0 Å². The molecule has 2 unspecified atom stereocenters. The topological polar surface area (TPSA) is 49.7 Å². The van der Waals surface area contributed by atoms with Gasteiger partial charge in [0, 0.05) is 12.0 Å². The van der Waals surface area contributed by atoms with Crippen LogP contribution in [0.15, 0.2) is 0 Å².